The molecule has 0 aliphatic carbocycles. The van der Waals surface area contributed by atoms with E-state index >= 15 is 0 Å². The van der Waals surface area contributed by atoms with E-state index in [1.807, 2.05) is 0 Å². The molecule has 17 nitrogen and oxygen atoms in total. The Hall–Kier alpha value is -2.46. The van der Waals surface area contributed by atoms with Crippen LogP contribution in [0.15, 0.2) is 24.3 Å². The Kier molecular flexibility index (Phi) is 57.0. The fourth-order valence-corrected chi connectivity index (χ4v) is 11.2. The predicted molar refractivity (Wildman–Crippen MR) is 349 cm³/mol. The van der Waals surface area contributed by atoms with E-state index in [1.165, 1.54) is 103 Å². The molecule has 0 saturated carbocycles. The van der Waals surface area contributed by atoms with Crippen LogP contribution in [0.4, 0.5) is 0 Å². The van der Waals surface area contributed by atoms with E-state index in [9.17, 15) is 43.2 Å². The Bertz CT molecular complexity index is 1810. The van der Waals surface area contributed by atoms with Crippen LogP contribution < -0.4 is 0 Å². The van der Waals surface area contributed by atoms with E-state index in [0.29, 0.717) is 37.5 Å². The van der Waals surface area contributed by atoms with Crippen LogP contribution in [0.1, 0.15) is 312 Å². The molecule has 0 aromatic heterocycles. The highest BCUT2D eigenvalue weighted by atomic mass is 31.2. The maximum absolute atomic E-state index is 13.0. The molecule has 87 heavy (non-hydrogen) atoms. The smallest absolute Gasteiger partial charge is 0.462 e. The van der Waals surface area contributed by atoms with Crippen molar-refractivity contribution in [3.63, 3.8) is 0 Å². The minimum atomic E-state index is -4.96. The summed E-state index contributed by atoms with van der Waals surface area (Å²) in [6.45, 7) is 11.6. The molecule has 0 spiro atoms. The van der Waals surface area contributed by atoms with E-state index in [4.69, 9.17) is 37.0 Å². The van der Waals surface area contributed by atoms with Gasteiger partial charge in [-0.25, -0.2) is 9.13 Å². The fourth-order valence-electron chi connectivity index (χ4n) is 9.65. The summed E-state index contributed by atoms with van der Waals surface area (Å²) in [6, 6.07) is 0. The Morgan fingerprint density at radius 1 is 0.356 bits per heavy atom. The average Bonchev–Trinajstić information content (AvgIpc) is 3.69. The first-order chi connectivity index (χ1) is 41.7. The van der Waals surface area contributed by atoms with Gasteiger partial charge >= 0.3 is 39.5 Å². The van der Waals surface area contributed by atoms with Crippen molar-refractivity contribution in [1.29, 1.82) is 0 Å². The number of phosphoric ester groups is 2. The summed E-state index contributed by atoms with van der Waals surface area (Å²) in [6.07, 6.45) is 44.2. The predicted octanol–water partition coefficient (Wildman–Crippen LogP) is 18.6. The minimum Gasteiger partial charge on any atom is -0.462 e. The van der Waals surface area contributed by atoms with E-state index in [-0.39, 0.29) is 25.7 Å². The lowest BCUT2D eigenvalue weighted by atomic mass is 10.0. The van der Waals surface area contributed by atoms with Gasteiger partial charge < -0.3 is 33.8 Å². The van der Waals surface area contributed by atoms with Gasteiger partial charge in [0.2, 0.25) is 0 Å². The lowest BCUT2D eigenvalue weighted by Gasteiger charge is -2.21. The van der Waals surface area contributed by atoms with Crippen LogP contribution in [-0.4, -0.2) is 96.7 Å². The van der Waals surface area contributed by atoms with Crippen molar-refractivity contribution in [3.8, 4) is 0 Å². The number of hydrogen-bond donors (Lipinski definition) is 3. The van der Waals surface area contributed by atoms with Crippen molar-refractivity contribution in [2.24, 2.45) is 17.8 Å². The molecule has 0 aromatic carbocycles. The van der Waals surface area contributed by atoms with Crippen LogP contribution in [0, 0.1) is 17.8 Å². The molecular weight excluding hydrogens is 1150 g/mol. The molecule has 0 aliphatic rings. The lowest BCUT2D eigenvalue weighted by Crippen LogP contribution is -2.30. The Balaban J connectivity index is 5.26. The molecule has 3 N–H and O–H groups in total. The van der Waals surface area contributed by atoms with Crippen molar-refractivity contribution >= 4 is 39.5 Å². The molecule has 0 bridgehead atoms. The van der Waals surface area contributed by atoms with E-state index in [2.05, 4.69) is 72.8 Å². The number of aliphatic hydroxyl groups is 1. The Labute approximate surface area is 529 Å². The summed E-state index contributed by atoms with van der Waals surface area (Å²) in [7, 11) is -9.91. The monoisotopic (exact) mass is 1280 g/mol. The molecule has 5 atom stereocenters. The molecule has 0 fully saturated rings. The molecule has 0 saturated heterocycles. The summed E-state index contributed by atoms with van der Waals surface area (Å²) in [5.41, 5.74) is 0. The largest absolute Gasteiger partial charge is 0.472 e. The molecule has 512 valence electrons. The number of esters is 4. The molecule has 0 radical (unpaired) electrons. The number of ether oxygens (including phenoxy) is 4. The third-order valence-electron chi connectivity index (χ3n) is 15.0. The van der Waals surface area contributed by atoms with Crippen LogP contribution >= 0.6 is 15.6 Å². The number of aliphatic hydroxyl groups excluding tert-OH is 1. The van der Waals surface area contributed by atoms with Gasteiger partial charge in [0.15, 0.2) is 12.2 Å². The SMILES string of the molecule is CCCCCC/C=C\C=C/CCCCCCCC(=O)O[C@H](COC(=O)CCCCCCCCCC(C)C)COP(=O)(O)OCC(O)COP(=O)(O)OC[C@@H](COC(=O)CCCCCCCCCCCCC(C)C)OC(=O)CCCCCCCCC(C)C. The maximum atomic E-state index is 13.0. The van der Waals surface area contributed by atoms with Crippen LogP contribution in [0.2, 0.25) is 0 Å². The highest BCUT2D eigenvalue weighted by Crippen LogP contribution is 2.45. The van der Waals surface area contributed by atoms with Crippen LogP contribution in [0.5, 0.6) is 0 Å². The second-order valence-electron chi connectivity index (χ2n) is 25.3. The maximum Gasteiger partial charge on any atom is 0.472 e. The topological polar surface area (TPSA) is 237 Å². The Morgan fingerprint density at radius 2 is 0.621 bits per heavy atom. The highest BCUT2D eigenvalue weighted by molar-refractivity contribution is 7.47. The Morgan fingerprint density at radius 3 is 0.931 bits per heavy atom. The fraction of sp³-hybridized carbons (Fsp3) is 0.882. The normalized spacial score (nSPS) is 14.4. The van der Waals surface area contributed by atoms with Gasteiger partial charge in [-0.15, -0.1) is 0 Å². The van der Waals surface area contributed by atoms with Gasteiger partial charge in [0.1, 0.15) is 19.3 Å². The molecule has 3 unspecified atom stereocenters. The molecule has 0 aliphatic heterocycles. The zero-order valence-electron chi connectivity index (χ0n) is 56.0. The van der Waals surface area contributed by atoms with Crippen molar-refractivity contribution in [3.05, 3.63) is 24.3 Å². The second-order valence-corrected chi connectivity index (χ2v) is 28.2. The van der Waals surface area contributed by atoms with Gasteiger partial charge in [0, 0.05) is 25.7 Å². The number of unbranched alkanes of at least 4 members (excludes halogenated alkanes) is 29. The van der Waals surface area contributed by atoms with Gasteiger partial charge in [-0.1, -0.05) is 259 Å². The van der Waals surface area contributed by atoms with E-state index in [1.54, 1.807) is 0 Å². The summed E-state index contributed by atoms with van der Waals surface area (Å²) < 4.78 is 68.1. The molecule has 0 aromatic rings. The van der Waals surface area contributed by atoms with Gasteiger partial charge in [0.25, 0.3) is 0 Å². The van der Waals surface area contributed by atoms with Gasteiger partial charge in [-0.05, 0) is 69.1 Å². The number of rotatable bonds is 64. The lowest BCUT2D eigenvalue weighted by molar-refractivity contribution is -0.161. The minimum absolute atomic E-state index is 0.0835. The number of phosphoric acid groups is 2. The number of allylic oxidation sites excluding steroid dienone is 4. The highest BCUT2D eigenvalue weighted by Gasteiger charge is 2.30. The first-order valence-electron chi connectivity index (χ1n) is 34.7. The quantitative estimate of drug-likeness (QED) is 0.0169. The zero-order valence-corrected chi connectivity index (χ0v) is 57.7. The van der Waals surface area contributed by atoms with Crippen molar-refractivity contribution < 1.29 is 80.2 Å². The number of carbonyl (C=O) groups excluding carboxylic acids is 4. The molecular formula is C68H128O17P2. The summed E-state index contributed by atoms with van der Waals surface area (Å²) in [5.74, 6) is -0.0392. The average molecular weight is 1280 g/mol. The van der Waals surface area contributed by atoms with Gasteiger partial charge in [-0.3, -0.25) is 37.3 Å². The van der Waals surface area contributed by atoms with Gasteiger partial charge in [0.05, 0.1) is 26.4 Å². The molecule has 0 heterocycles. The van der Waals surface area contributed by atoms with Crippen LogP contribution in [-0.2, 0) is 65.4 Å². The van der Waals surface area contributed by atoms with Crippen molar-refractivity contribution in [2.45, 2.75) is 330 Å². The third-order valence-corrected chi connectivity index (χ3v) is 16.9. The number of carbonyl (C=O) groups is 4. The molecule has 0 amide bonds. The van der Waals surface area contributed by atoms with Crippen molar-refractivity contribution in [2.75, 3.05) is 39.6 Å². The molecule has 0 rings (SSSR count). The van der Waals surface area contributed by atoms with E-state index in [0.717, 1.165) is 115 Å². The first-order valence-corrected chi connectivity index (χ1v) is 37.7. The van der Waals surface area contributed by atoms with Crippen LogP contribution in [0.25, 0.3) is 0 Å². The number of hydrogen-bond acceptors (Lipinski definition) is 15. The second kappa shape index (κ2) is 58.6. The van der Waals surface area contributed by atoms with E-state index < -0.39 is 97.5 Å². The van der Waals surface area contributed by atoms with Crippen molar-refractivity contribution in [1.82, 2.24) is 0 Å². The third kappa shape index (κ3) is 62.1. The summed E-state index contributed by atoms with van der Waals surface area (Å²) in [5, 5.41) is 10.6. The summed E-state index contributed by atoms with van der Waals surface area (Å²) in [4.78, 5) is 72.3. The first kappa shape index (κ1) is 84.5. The van der Waals surface area contributed by atoms with Crippen LogP contribution in [0.3, 0.4) is 0 Å². The van der Waals surface area contributed by atoms with Gasteiger partial charge in [-0.2, -0.15) is 0 Å². The molecule has 19 heteroatoms. The standard InChI is InChI=1S/C68H128O17P2/c1-8-9-10-11-12-13-14-15-16-17-18-23-28-37-44-51-67(72)84-63(55-79-66(71)50-43-36-29-24-26-33-40-47-60(4)5)57-82-86(74,75)80-53-62(69)54-81-87(76,77)83-58-64(85-68(73)52-45-38-31-30-34-41-48-61(6)7)56-78-65(70)49-42-35-27-22-20-19-21-25-32-39-46-59(2)3/h13-16,59-64,69H,8-12,17-58H2,1-7H3,(H,74,75)(H,76,77)/b14-13-,16-15-/t62?,63-,64-/m1/s1. The zero-order chi connectivity index (χ0) is 64.5. The summed E-state index contributed by atoms with van der Waals surface area (Å²) >= 11 is 0.